The third kappa shape index (κ3) is 2.42. The Labute approximate surface area is 103 Å². The molecular weight excluding hydrogens is 321 g/mol. The molecule has 20 heavy (non-hydrogen) atoms. The van der Waals surface area contributed by atoms with Crippen LogP contribution in [0.2, 0.25) is 0 Å². The minimum Gasteiger partial charge on any atom is -0.373 e. The Morgan fingerprint density at radius 1 is 0.750 bits per heavy atom. The lowest BCUT2D eigenvalue weighted by atomic mass is 9.88. The molecule has 1 rings (SSSR count). The van der Waals surface area contributed by atoms with Gasteiger partial charge >= 0.3 is 29.9 Å². The summed E-state index contributed by atoms with van der Waals surface area (Å²) in [4.78, 5) is 0. The van der Waals surface area contributed by atoms with Crippen molar-refractivity contribution in [2.75, 3.05) is 6.61 Å². The van der Waals surface area contributed by atoms with Crippen molar-refractivity contribution in [2.45, 2.75) is 42.4 Å². The SMILES string of the molecule is FC(F)(F)C(F)(C(F)(F)F)C(F)(F)C(F)(F)C[C@H]1CO1. The van der Waals surface area contributed by atoms with Gasteiger partial charge in [-0.3, -0.25) is 0 Å². The first-order valence-corrected chi connectivity index (χ1v) is 4.77. The van der Waals surface area contributed by atoms with Crippen molar-refractivity contribution in [2.24, 2.45) is 0 Å². The third-order valence-corrected chi connectivity index (χ3v) is 2.56. The van der Waals surface area contributed by atoms with Crippen molar-refractivity contribution in [3.63, 3.8) is 0 Å². The Morgan fingerprint density at radius 3 is 1.35 bits per heavy atom. The highest BCUT2D eigenvalue weighted by atomic mass is 19.4. The number of hydrogen-bond donors (Lipinski definition) is 0. The average molecular weight is 326 g/mol. The molecule has 0 radical (unpaired) electrons. The Balaban J connectivity index is 3.31. The van der Waals surface area contributed by atoms with Gasteiger partial charge in [0.05, 0.1) is 12.7 Å². The van der Waals surface area contributed by atoms with Crippen LogP contribution in [0.5, 0.6) is 0 Å². The van der Waals surface area contributed by atoms with Crippen LogP contribution in [0.3, 0.4) is 0 Å². The Kier molecular flexibility index (Phi) is 3.74. The van der Waals surface area contributed by atoms with Crippen LogP contribution in [0.25, 0.3) is 0 Å². The molecule has 1 nitrogen and oxygen atoms in total. The number of epoxide rings is 1. The van der Waals surface area contributed by atoms with E-state index in [9.17, 15) is 48.3 Å². The zero-order chi connectivity index (χ0) is 16.2. The van der Waals surface area contributed by atoms with E-state index in [0.717, 1.165) is 0 Å². The maximum Gasteiger partial charge on any atom is 0.438 e. The molecule has 0 aliphatic carbocycles. The molecule has 1 fully saturated rings. The van der Waals surface area contributed by atoms with Gasteiger partial charge in [0.25, 0.3) is 0 Å². The maximum atomic E-state index is 13.0. The molecule has 1 aliphatic heterocycles. The van der Waals surface area contributed by atoms with Crippen LogP contribution in [-0.2, 0) is 4.74 Å². The van der Waals surface area contributed by atoms with E-state index in [1.165, 1.54) is 0 Å². The molecule has 1 aliphatic rings. The van der Waals surface area contributed by atoms with E-state index in [1.54, 1.807) is 0 Å². The standard InChI is InChI=1S/C8H5F11O/c9-4(10,1-3-2-20-3)6(12,13)5(11,7(14,15)16)8(17,18)19/h3H,1-2H2/t3-/m0/s1. The zero-order valence-electron chi connectivity index (χ0n) is 9.06. The lowest BCUT2D eigenvalue weighted by Crippen LogP contribution is -2.70. The highest BCUT2D eigenvalue weighted by Crippen LogP contribution is 2.60. The molecule has 0 saturated carbocycles. The first-order valence-electron chi connectivity index (χ1n) is 4.77. The van der Waals surface area contributed by atoms with Gasteiger partial charge in [0.1, 0.15) is 0 Å². The van der Waals surface area contributed by atoms with Crippen molar-refractivity contribution >= 4 is 0 Å². The van der Waals surface area contributed by atoms with Crippen molar-refractivity contribution in [1.29, 1.82) is 0 Å². The van der Waals surface area contributed by atoms with Gasteiger partial charge < -0.3 is 4.74 Å². The number of hydrogen-bond acceptors (Lipinski definition) is 1. The summed E-state index contributed by atoms with van der Waals surface area (Å²) in [6.07, 6.45) is -18.3. The van der Waals surface area contributed by atoms with Crippen molar-refractivity contribution in [3.05, 3.63) is 0 Å². The molecule has 120 valence electrons. The van der Waals surface area contributed by atoms with E-state index in [-0.39, 0.29) is 0 Å². The van der Waals surface area contributed by atoms with E-state index < -0.39 is 49.0 Å². The summed E-state index contributed by atoms with van der Waals surface area (Å²) in [6.45, 7) is -0.539. The van der Waals surface area contributed by atoms with Gasteiger partial charge in [0.2, 0.25) is 0 Å². The summed E-state index contributed by atoms with van der Waals surface area (Å²) < 4.78 is 141. The Morgan fingerprint density at radius 2 is 1.10 bits per heavy atom. The number of alkyl halides is 11. The Hall–Kier alpha value is -0.810. The molecule has 0 aromatic carbocycles. The second-order valence-electron chi connectivity index (χ2n) is 4.09. The summed E-state index contributed by atoms with van der Waals surface area (Å²) >= 11 is 0. The van der Waals surface area contributed by atoms with Gasteiger partial charge in [0.15, 0.2) is 0 Å². The van der Waals surface area contributed by atoms with E-state index in [0.29, 0.717) is 0 Å². The number of ether oxygens (including phenoxy) is 1. The van der Waals surface area contributed by atoms with Crippen LogP contribution >= 0.6 is 0 Å². The fourth-order valence-corrected chi connectivity index (χ4v) is 1.37. The Bertz CT molecular complexity index is 350. The first kappa shape index (κ1) is 17.2. The molecule has 1 heterocycles. The average Bonchev–Trinajstić information content (AvgIpc) is 2.95. The molecule has 1 atom stereocenters. The molecule has 1 saturated heterocycles. The number of rotatable bonds is 4. The predicted octanol–water partition coefficient (Wildman–Crippen LogP) is 3.88. The quantitative estimate of drug-likeness (QED) is 0.564. The molecule has 0 aromatic rings. The van der Waals surface area contributed by atoms with Gasteiger partial charge in [-0.2, -0.15) is 43.9 Å². The van der Waals surface area contributed by atoms with Gasteiger partial charge in [0, 0.05) is 6.42 Å². The normalized spacial score (nSPS) is 22.1. The monoisotopic (exact) mass is 326 g/mol. The first-order chi connectivity index (χ1) is 8.58. The fourth-order valence-electron chi connectivity index (χ4n) is 1.37. The maximum absolute atomic E-state index is 13.0. The molecule has 0 amide bonds. The molecule has 0 bridgehead atoms. The van der Waals surface area contributed by atoms with Gasteiger partial charge in [-0.05, 0) is 0 Å². The third-order valence-electron chi connectivity index (χ3n) is 2.56. The summed E-state index contributed by atoms with van der Waals surface area (Å²) in [5.41, 5.74) is -7.37. The second-order valence-corrected chi connectivity index (χ2v) is 4.09. The van der Waals surface area contributed by atoms with Crippen LogP contribution in [0.15, 0.2) is 0 Å². The minimum absolute atomic E-state index is 0.539. The highest BCUT2D eigenvalue weighted by molar-refractivity contribution is 5.11. The van der Waals surface area contributed by atoms with Crippen LogP contribution < -0.4 is 0 Å². The van der Waals surface area contributed by atoms with Crippen LogP contribution in [0, 0.1) is 0 Å². The van der Waals surface area contributed by atoms with E-state index >= 15 is 0 Å². The van der Waals surface area contributed by atoms with Crippen molar-refractivity contribution in [1.82, 2.24) is 0 Å². The largest absolute Gasteiger partial charge is 0.438 e. The predicted molar refractivity (Wildman–Crippen MR) is 40.2 cm³/mol. The molecular formula is C8H5F11O. The van der Waals surface area contributed by atoms with Gasteiger partial charge in [-0.15, -0.1) is 0 Å². The van der Waals surface area contributed by atoms with Crippen molar-refractivity contribution in [3.8, 4) is 0 Å². The van der Waals surface area contributed by atoms with E-state index in [4.69, 9.17) is 0 Å². The zero-order valence-corrected chi connectivity index (χ0v) is 9.06. The highest BCUT2D eigenvalue weighted by Gasteiger charge is 2.90. The summed E-state index contributed by atoms with van der Waals surface area (Å²) in [7, 11) is 0. The van der Waals surface area contributed by atoms with Crippen LogP contribution in [-0.4, -0.2) is 42.6 Å². The van der Waals surface area contributed by atoms with E-state index in [2.05, 4.69) is 4.74 Å². The van der Waals surface area contributed by atoms with Gasteiger partial charge in [-0.25, -0.2) is 4.39 Å². The van der Waals surface area contributed by atoms with Crippen molar-refractivity contribution < 1.29 is 53.0 Å². The summed E-state index contributed by atoms with van der Waals surface area (Å²) in [6, 6.07) is 0. The molecule has 0 aromatic heterocycles. The van der Waals surface area contributed by atoms with E-state index in [1.807, 2.05) is 0 Å². The lowest BCUT2D eigenvalue weighted by Gasteiger charge is -2.39. The van der Waals surface area contributed by atoms with Crippen LogP contribution in [0.1, 0.15) is 6.42 Å². The topological polar surface area (TPSA) is 12.5 Å². The minimum atomic E-state index is -7.37. The molecule has 12 heteroatoms. The fraction of sp³-hybridized carbons (Fsp3) is 1.00. The lowest BCUT2D eigenvalue weighted by molar-refractivity contribution is -0.427. The van der Waals surface area contributed by atoms with Crippen LogP contribution in [0.4, 0.5) is 48.3 Å². The molecule has 0 unspecified atom stereocenters. The smallest absolute Gasteiger partial charge is 0.373 e. The number of halogens is 11. The summed E-state index contributed by atoms with van der Waals surface area (Å²) in [5, 5.41) is 0. The summed E-state index contributed by atoms with van der Waals surface area (Å²) in [5.74, 6) is -12.9. The van der Waals surface area contributed by atoms with Gasteiger partial charge in [-0.1, -0.05) is 0 Å². The second kappa shape index (κ2) is 4.34. The molecule has 0 N–H and O–H groups in total. The molecule has 0 spiro atoms.